The molecule has 0 bridgehead atoms. The summed E-state index contributed by atoms with van der Waals surface area (Å²) in [5, 5.41) is 5.69. The molecule has 0 spiro atoms. The number of rotatable bonds is 3. The number of para-hydroxylation sites is 1. The van der Waals surface area contributed by atoms with E-state index in [1.807, 2.05) is 71.7 Å². The van der Waals surface area contributed by atoms with Crippen LogP contribution >= 0.6 is 11.3 Å². The van der Waals surface area contributed by atoms with Crippen molar-refractivity contribution < 1.29 is 14.3 Å². The molecule has 1 aromatic carbocycles. The molecule has 3 aromatic rings. The summed E-state index contributed by atoms with van der Waals surface area (Å²) in [4.78, 5) is 31.9. The van der Waals surface area contributed by atoms with Crippen LogP contribution in [0.1, 0.15) is 42.1 Å². The number of fused-ring (bicyclic) bond motifs is 1. The van der Waals surface area contributed by atoms with Gasteiger partial charge >= 0.3 is 0 Å². The van der Waals surface area contributed by atoms with E-state index in [-0.39, 0.29) is 29.9 Å². The lowest BCUT2D eigenvalue weighted by Gasteiger charge is -2.39. The first kappa shape index (κ1) is 22.1. The lowest BCUT2D eigenvalue weighted by Crippen LogP contribution is -2.51. The van der Waals surface area contributed by atoms with Crippen LogP contribution in [0.3, 0.4) is 0 Å². The van der Waals surface area contributed by atoms with E-state index < -0.39 is 0 Å². The highest BCUT2D eigenvalue weighted by atomic mass is 32.1. The Morgan fingerprint density at radius 1 is 1.03 bits per heavy atom. The highest BCUT2D eigenvalue weighted by Gasteiger charge is 2.34. The number of nitrogens with zero attached hydrogens (tertiary/aromatic N) is 4. The van der Waals surface area contributed by atoms with Crippen LogP contribution in [0, 0.1) is 12.8 Å². The minimum Gasteiger partial charge on any atom is -0.372 e. The number of ether oxygens (including phenoxy) is 1. The monoisotopic (exact) mass is 466 g/mol. The van der Waals surface area contributed by atoms with Crippen molar-refractivity contribution in [3.05, 3.63) is 47.0 Å². The summed E-state index contributed by atoms with van der Waals surface area (Å²) in [6, 6.07) is 12.0. The topological polar surface area (TPSA) is 67.7 Å². The van der Waals surface area contributed by atoms with E-state index >= 15 is 0 Å². The number of hydrogen-bond donors (Lipinski definition) is 0. The SMILES string of the molecule is Cc1nn(-c2ccccc2)c2sc(C(=O)N3CCC(C(=O)N4CC(C)OC(C)C4)CC3)cc12. The van der Waals surface area contributed by atoms with Gasteiger partial charge in [-0.1, -0.05) is 18.2 Å². The molecule has 0 radical (unpaired) electrons. The van der Waals surface area contributed by atoms with Crippen molar-refractivity contribution in [3.8, 4) is 5.69 Å². The van der Waals surface area contributed by atoms with Crippen LogP contribution in [0.25, 0.3) is 15.9 Å². The van der Waals surface area contributed by atoms with Crippen molar-refractivity contribution in [1.29, 1.82) is 0 Å². The van der Waals surface area contributed by atoms with Crippen LogP contribution in [0.4, 0.5) is 0 Å². The van der Waals surface area contributed by atoms with Crippen LogP contribution < -0.4 is 0 Å². The Balaban J connectivity index is 1.27. The molecule has 2 aliphatic rings. The van der Waals surface area contributed by atoms with Gasteiger partial charge in [-0.3, -0.25) is 9.59 Å². The predicted molar refractivity (Wildman–Crippen MR) is 129 cm³/mol. The molecule has 2 aliphatic heterocycles. The zero-order chi connectivity index (χ0) is 23.1. The minimum atomic E-state index is -0.0113. The number of piperidine rings is 1. The molecule has 2 fully saturated rings. The molecular weight excluding hydrogens is 436 g/mol. The second kappa shape index (κ2) is 8.91. The van der Waals surface area contributed by atoms with Gasteiger partial charge in [-0.25, -0.2) is 4.68 Å². The maximum absolute atomic E-state index is 13.3. The van der Waals surface area contributed by atoms with Crippen LogP contribution in [-0.4, -0.2) is 69.8 Å². The van der Waals surface area contributed by atoms with Gasteiger partial charge in [-0.15, -0.1) is 11.3 Å². The molecule has 0 N–H and O–H groups in total. The number of benzene rings is 1. The molecule has 33 heavy (non-hydrogen) atoms. The van der Waals surface area contributed by atoms with E-state index in [0.29, 0.717) is 39.0 Å². The quantitative estimate of drug-likeness (QED) is 0.588. The Morgan fingerprint density at radius 2 is 1.70 bits per heavy atom. The first-order valence-corrected chi connectivity index (χ1v) is 12.5. The fourth-order valence-corrected chi connectivity index (χ4v) is 6.15. The van der Waals surface area contributed by atoms with E-state index in [1.165, 1.54) is 11.3 Å². The number of amides is 2. The molecule has 174 valence electrons. The molecule has 2 amide bonds. The van der Waals surface area contributed by atoms with E-state index in [9.17, 15) is 9.59 Å². The predicted octanol–water partition coefficient (Wildman–Crippen LogP) is 3.88. The van der Waals surface area contributed by atoms with Gasteiger partial charge in [0.05, 0.1) is 28.5 Å². The average Bonchev–Trinajstić information content (AvgIpc) is 3.39. The van der Waals surface area contributed by atoms with Crippen molar-refractivity contribution in [2.75, 3.05) is 26.2 Å². The number of carbonyl (C=O) groups excluding carboxylic acids is 2. The van der Waals surface area contributed by atoms with Crippen molar-refractivity contribution in [2.24, 2.45) is 5.92 Å². The van der Waals surface area contributed by atoms with Crippen molar-refractivity contribution in [3.63, 3.8) is 0 Å². The van der Waals surface area contributed by atoms with Crippen molar-refractivity contribution in [2.45, 2.75) is 45.8 Å². The van der Waals surface area contributed by atoms with E-state index in [2.05, 4.69) is 5.10 Å². The van der Waals surface area contributed by atoms with E-state index in [4.69, 9.17) is 4.74 Å². The first-order valence-electron chi connectivity index (χ1n) is 11.7. The largest absolute Gasteiger partial charge is 0.372 e. The summed E-state index contributed by atoms with van der Waals surface area (Å²) < 4.78 is 7.68. The average molecular weight is 467 g/mol. The van der Waals surface area contributed by atoms with Gasteiger partial charge in [-0.2, -0.15) is 5.10 Å². The molecule has 0 aliphatic carbocycles. The van der Waals surface area contributed by atoms with Crippen molar-refractivity contribution >= 4 is 33.4 Å². The lowest BCUT2D eigenvalue weighted by atomic mass is 9.94. The zero-order valence-electron chi connectivity index (χ0n) is 19.4. The summed E-state index contributed by atoms with van der Waals surface area (Å²) >= 11 is 1.49. The number of carbonyl (C=O) groups is 2. The fourth-order valence-electron chi connectivity index (χ4n) is 5.00. The second-order valence-corrected chi connectivity index (χ2v) is 10.3. The Bertz CT molecular complexity index is 1150. The van der Waals surface area contributed by atoms with E-state index in [0.717, 1.165) is 26.5 Å². The maximum atomic E-state index is 13.3. The Labute approximate surface area is 197 Å². The number of thiophene rings is 1. The van der Waals surface area contributed by atoms with Crippen LogP contribution in [0.15, 0.2) is 36.4 Å². The number of aryl methyl sites for hydroxylation is 1. The number of aromatic nitrogens is 2. The minimum absolute atomic E-state index is 0.0113. The Morgan fingerprint density at radius 3 is 2.36 bits per heavy atom. The van der Waals surface area contributed by atoms with Gasteiger partial charge in [0.1, 0.15) is 4.83 Å². The van der Waals surface area contributed by atoms with Crippen LogP contribution in [0.2, 0.25) is 0 Å². The number of morpholine rings is 1. The Hall–Kier alpha value is -2.71. The Kier molecular flexibility index (Phi) is 5.97. The smallest absolute Gasteiger partial charge is 0.264 e. The highest BCUT2D eigenvalue weighted by molar-refractivity contribution is 7.20. The number of hydrogen-bond acceptors (Lipinski definition) is 5. The molecule has 0 saturated carbocycles. The summed E-state index contributed by atoms with van der Waals surface area (Å²) in [5.41, 5.74) is 1.91. The number of likely N-dealkylation sites (tertiary alicyclic amines) is 1. The van der Waals surface area contributed by atoms with Crippen LogP contribution in [-0.2, 0) is 9.53 Å². The molecule has 2 saturated heterocycles. The molecule has 8 heteroatoms. The molecule has 7 nitrogen and oxygen atoms in total. The molecule has 2 atom stereocenters. The third kappa shape index (κ3) is 4.29. The zero-order valence-corrected chi connectivity index (χ0v) is 20.2. The fraction of sp³-hybridized carbons (Fsp3) is 0.480. The van der Waals surface area contributed by atoms with Crippen molar-refractivity contribution in [1.82, 2.24) is 19.6 Å². The third-order valence-corrected chi connectivity index (χ3v) is 7.72. The van der Waals surface area contributed by atoms with Gasteiger partial charge in [0.15, 0.2) is 0 Å². The molecule has 2 aromatic heterocycles. The van der Waals surface area contributed by atoms with E-state index in [1.54, 1.807) is 0 Å². The van der Waals surface area contributed by atoms with Gasteiger partial charge in [-0.05, 0) is 51.8 Å². The molecule has 4 heterocycles. The van der Waals surface area contributed by atoms with Gasteiger partial charge in [0, 0.05) is 37.5 Å². The van der Waals surface area contributed by atoms with Crippen LogP contribution in [0.5, 0.6) is 0 Å². The molecular formula is C25H30N4O3S. The second-order valence-electron chi connectivity index (χ2n) is 9.23. The highest BCUT2D eigenvalue weighted by Crippen LogP contribution is 2.32. The van der Waals surface area contributed by atoms with Gasteiger partial charge in [0.2, 0.25) is 5.91 Å². The summed E-state index contributed by atoms with van der Waals surface area (Å²) in [5.74, 6) is 0.252. The normalized spacial score (nSPS) is 22.2. The summed E-state index contributed by atoms with van der Waals surface area (Å²) in [6.45, 7) is 8.55. The molecule has 5 rings (SSSR count). The lowest BCUT2D eigenvalue weighted by molar-refractivity contribution is -0.148. The van der Waals surface area contributed by atoms with Gasteiger partial charge < -0.3 is 14.5 Å². The third-order valence-electron chi connectivity index (χ3n) is 6.62. The molecule has 2 unspecified atom stereocenters. The summed E-state index contributed by atoms with van der Waals surface area (Å²) in [6.07, 6.45) is 1.57. The standard InChI is InChI=1S/C25H30N4O3S/c1-16-14-28(15-17(2)32-16)23(30)19-9-11-27(12-10-19)24(31)22-13-21-18(3)26-29(25(21)33-22)20-7-5-4-6-8-20/h4-8,13,16-17,19H,9-12,14-15H2,1-3H3. The maximum Gasteiger partial charge on any atom is 0.264 e. The summed E-state index contributed by atoms with van der Waals surface area (Å²) in [7, 11) is 0. The van der Waals surface area contributed by atoms with Gasteiger partial charge in [0.25, 0.3) is 5.91 Å². The first-order chi connectivity index (χ1) is 15.9.